The van der Waals surface area contributed by atoms with Gasteiger partial charge in [0.1, 0.15) is 11.4 Å². The number of hydrogen-bond donors (Lipinski definition) is 1. The maximum absolute atomic E-state index is 12.4. The molecule has 2 unspecified atom stereocenters. The van der Waals surface area contributed by atoms with E-state index in [0.717, 1.165) is 11.2 Å². The van der Waals surface area contributed by atoms with Gasteiger partial charge in [0.25, 0.3) is 0 Å². The van der Waals surface area contributed by atoms with Gasteiger partial charge < -0.3 is 14.9 Å². The Morgan fingerprint density at radius 2 is 2.10 bits per heavy atom. The molecule has 1 saturated heterocycles. The van der Waals surface area contributed by atoms with Crippen LogP contribution in [0.4, 0.5) is 4.79 Å². The smallest absolute Gasteiger partial charge is 0.326 e. The highest BCUT2D eigenvalue weighted by Gasteiger charge is 2.37. The van der Waals surface area contributed by atoms with Crippen LogP contribution in [0, 0.1) is 0 Å². The molecule has 1 heterocycles. The molecule has 1 fully saturated rings. The lowest BCUT2D eigenvalue weighted by Gasteiger charge is -2.37. The molecule has 0 aromatic rings. The zero-order valence-electron chi connectivity index (χ0n) is 11.8. The number of urea groups is 1. The van der Waals surface area contributed by atoms with Gasteiger partial charge in [0.2, 0.25) is 0 Å². The summed E-state index contributed by atoms with van der Waals surface area (Å²) < 4.78 is 23.5. The molecule has 0 radical (unpaired) electrons. The van der Waals surface area contributed by atoms with Gasteiger partial charge in [-0.15, -0.1) is 0 Å². The summed E-state index contributed by atoms with van der Waals surface area (Å²) in [5.41, 5.74) is 0. The van der Waals surface area contributed by atoms with Crippen LogP contribution in [-0.4, -0.2) is 78.1 Å². The first kappa shape index (κ1) is 17.1. The van der Waals surface area contributed by atoms with E-state index in [-0.39, 0.29) is 6.42 Å². The van der Waals surface area contributed by atoms with Crippen molar-refractivity contribution in [3.8, 4) is 0 Å². The lowest BCUT2D eigenvalue weighted by atomic mass is 10.2. The first-order chi connectivity index (χ1) is 9.20. The van der Waals surface area contributed by atoms with Crippen LogP contribution in [0.2, 0.25) is 0 Å². The number of sulfone groups is 1. The quantitative estimate of drug-likeness (QED) is 0.800. The first-order valence-electron chi connectivity index (χ1n) is 6.23. The molecule has 2 amide bonds. The van der Waals surface area contributed by atoms with Crippen LogP contribution in [-0.2, 0) is 14.6 Å². The molecule has 0 aromatic heterocycles. The van der Waals surface area contributed by atoms with Crippen LogP contribution >= 0.6 is 11.8 Å². The SMILES string of the molecule is CCC(C(=O)O)N(C)C(=O)N1CCSCC1S(C)(=O)=O. The van der Waals surface area contributed by atoms with Crippen LogP contribution < -0.4 is 0 Å². The van der Waals surface area contributed by atoms with E-state index in [1.807, 2.05) is 0 Å². The Balaban J connectivity index is 2.95. The summed E-state index contributed by atoms with van der Waals surface area (Å²) in [5.74, 6) is -0.122. The summed E-state index contributed by atoms with van der Waals surface area (Å²) in [6, 6.07) is -1.49. The van der Waals surface area contributed by atoms with Gasteiger partial charge in [-0.2, -0.15) is 11.8 Å². The number of carbonyl (C=O) groups excluding carboxylic acids is 1. The topological polar surface area (TPSA) is 95.0 Å². The minimum Gasteiger partial charge on any atom is -0.480 e. The average molecular weight is 324 g/mol. The average Bonchev–Trinajstić information content (AvgIpc) is 2.37. The minimum atomic E-state index is -3.40. The largest absolute Gasteiger partial charge is 0.480 e. The van der Waals surface area contributed by atoms with Crippen molar-refractivity contribution in [2.24, 2.45) is 0 Å². The number of amides is 2. The number of rotatable bonds is 4. The summed E-state index contributed by atoms with van der Waals surface area (Å²) in [6.07, 6.45) is 1.36. The van der Waals surface area contributed by atoms with Gasteiger partial charge in [0.05, 0.1) is 0 Å². The molecule has 1 aliphatic heterocycles. The molecule has 1 rings (SSSR count). The second-order valence-electron chi connectivity index (χ2n) is 4.71. The van der Waals surface area contributed by atoms with E-state index in [9.17, 15) is 18.0 Å². The van der Waals surface area contributed by atoms with Crippen LogP contribution in [0.3, 0.4) is 0 Å². The van der Waals surface area contributed by atoms with Crippen molar-refractivity contribution in [2.75, 3.05) is 31.4 Å². The van der Waals surface area contributed by atoms with Gasteiger partial charge >= 0.3 is 12.0 Å². The van der Waals surface area contributed by atoms with E-state index < -0.39 is 33.3 Å². The molecule has 0 bridgehead atoms. The highest BCUT2D eigenvalue weighted by Crippen LogP contribution is 2.22. The third-order valence-corrected chi connectivity index (χ3v) is 5.91. The molecule has 7 nitrogen and oxygen atoms in total. The molecule has 1 aliphatic rings. The van der Waals surface area contributed by atoms with Crippen LogP contribution in [0.5, 0.6) is 0 Å². The third kappa shape index (κ3) is 3.78. The Hall–Kier alpha value is -0.960. The fourth-order valence-corrected chi connectivity index (χ4v) is 4.91. The molecule has 0 aliphatic carbocycles. The lowest BCUT2D eigenvalue weighted by molar-refractivity contribution is -0.142. The van der Waals surface area contributed by atoms with E-state index in [1.54, 1.807) is 6.92 Å². The standard InChI is InChI=1S/C11H20N2O5S2/c1-4-8(10(14)15)12(2)11(16)13-5-6-19-7-9(13)20(3,17)18/h8-9H,4-7H2,1-3H3,(H,14,15). The van der Waals surface area contributed by atoms with Crippen molar-refractivity contribution in [1.29, 1.82) is 0 Å². The van der Waals surface area contributed by atoms with Gasteiger partial charge in [-0.1, -0.05) is 6.92 Å². The fraction of sp³-hybridized carbons (Fsp3) is 0.818. The third-order valence-electron chi connectivity index (χ3n) is 3.27. The Labute approximate surface area is 123 Å². The lowest BCUT2D eigenvalue weighted by Crippen LogP contribution is -2.56. The van der Waals surface area contributed by atoms with Crippen molar-refractivity contribution >= 4 is 33.6 Å². The van der Waals surface area contributed by atoms with E-state index in [0.29, 0.717) is 18.1 Å². The number of aliphatic carboxylic acids is 1. The normalized spacial score (nSPS) is 21.4. The van der Waals surface area contributed by atoms with Crippen molar-refractivity contribution < 1.29 is 23.1 Å². The van der Waals surface area contributed by atoms with Gasteiger partial charge in [0, 0.05) is 31.4 Å². The highest BCUT2D eigenvalue weighted by atomic mass is 32.2. The monoisotopic (exact) mass is 324 g/mol. The molecule has 0 spiro atoms. The maximum Gasteiger partial charge on any atom is 0.326 e. The summed E-state index contributed by atoms with van der Waals surface area (Å²) in [5, 5.41) is 8.20. The minimum absolute atomic E-state index is 0.268. The van der Waals surface area contributed by atoms with Crippen LogP contribution in [0.25, 0.3) is 0 Å². The summed E-state index contributed by atoms with van der Waals surface area (Å²) in [7, 11) is -2.00. The first-order valence-corrected chi connectivity index (χ1v) is 9.34. The van der Waals surface area contributed by atoms with Crippen molar-refractivity contribution in [3.63, 3.8) is 0 Å². The number of likely N-dealkylation sites (N-methyl/N-ethyl adjacent to an activating group) is 1. The number of hydrogen-bond acceptors (Lipinski definition) is 5. The van der Waals surface area contributed by atoms with Gasteiger partial charge in [0.15, 0.2) is 9.84 Å². The Morgan fingerprint density at radius 1 is 1.50 bits per heavy atom. The van der Waals surface area contributed by atoms with Crippen molar-refractivity contribution in [3.05, 3.63) is 0 Å². The Bertz CT molecular complexity index is 479. The summed E-state index contributed by atoms with van der Waals surface area (Å²) in [6.45, 7) is 1.98. The highest BCUT2D eigenvalue weighted by molar-refractivity contribution is 8.00. The molecule has 20 heavy (non-hydrogen) atoms. The van der Waals surface area contributed by atoms with Crippen LogP contribution in [0.15, 0.2) is 0 Å². The molecular formula is C11H20N2O5S2. The molecule has 9 heteroatoms. The second kappa shape index (κ2) is 6.66. The zero-order valence-corrected chi connectivity index (χ0v) is 13.4. The summed E-state index contributed by atoms with van der Waals surface area (Å²) in [4.78, 5) is 25.8. The van der Waals surface area contributed by atoms with Crippen molar-refractivity contribution in [1.82, 2.24) is 9.80 Å². The van der Waals surface area contributed by atoms with Crippen LogP contribution in [0.1, 0.15) is 13.3 Å². The van der Waals surface area contributed by atoms with E-state index in [4.69, 9.17) is 5.11 Å². The van der Waals surface area contributed by atoms with Gasteiger partial charge in [-0.3, -0.25) is 0 Å². The van der Waals surface area contributed by atoms with Crippen molar-refractivity contribution in [2.45, 2.75) is 24.8 Å². The molecule has 0 saturated carbocycles. The zero-order chi connectivity index (χ0) is 15.5. The van der Waals surface area contributed by atoms with Gasteiger partial charge in [-0.05, 0) is 6.42 Å². The Morgan fingerprint density at radius 3 is 2.55 bits per heavy atom. The van der Waals surface area contributed by atoms with E-state index in [2.05, 4.69) is 0 Å². The molecule has 1 N–H and O–H groups in total. The molecule has 116 valence electrons. The molecule has 0 aromatic carbocycles. The summed E-state index contributed by atoms with van der Waals surface area (Å²) >= 11 is 1.48. The fourth-order valence-electron chi connectivity index (χ4n) is 2.10. The number of nitrogens with zero attached hydrogens (tertiary/aromatic N) is 2. The molecule has 2 atom stereocenters. The maximum atomic E-state index is 12.4. The van der Waals surface area contributed by atoms with Gasteiger partial charge in [-0.25, -0.2) is 18.0 Å². The van der Waals surface area contributed by atoms with E-state index in [1.165, 1.54) is 23.7 Å². The number of carboxylic acids is 1. The predicted molar refractivity (Wildman–Crippen MR) is 77.5 cm³/mol. The number of carbonyl (C=O) groups is 2. The van der Waals surface area contributed by atoms with E-state index >= 15 is 0 Å². The number of thioether (sulfide) groups is 1. The molecular weight excluding hydrogens is 304 g/mol. The Kier molecular flexibility index (Phi) is 5.69. The second-order valence-corrected chi connectivity index (χ2v) is 8.06. The number of carboxylic acid groups (broad SMARTS) is 1. The predicted octanol–water partition coefficient (Wildman–Crippen LogP) is 0.321.